The van der Waals surface area contributed by atoms with Crippen LogP contribution in [0, 0.1) is 11.3 Å². The standard InChI is InChI=1S/C9H8N2OS/c10-5-7-1-3-8(4-2-7)11-9(12)6-13/h1-4,13H,6H2,(H,11,12). The van der Waals surface area contributed by atoms with Crippen LogP contribution in [-0.4, -0.2) is 11.7 Å². The van der Waals surface area contributed by atoms with Gasteiger partial charge in [0.2, 0.25) is 5.91 Å². The van der Waals surface area contributed by atoms with E-state index in [0.717, 1.165) is 0 Å². The van der Waals surface area contributed by atoms with E-state index in [-0.39, 0.29) is 11.7 Å². The molecule has 1 N–H and O–H groups in total. The number of hydrogen-bond donors (Lipinski definition) is 2. The summed E-state index contributed by atoms with van der Waals surface area (Å²) in [5.41, 5.74) is 1.25. The van der Waals surface area contributed by atoms with Gasteiger partial charge in [-0.2, -0.15) is 17.9 Å². The molecule has 66 valence electrons. The first-order valence-electron chi connectivity index (χ1n) is 3.67. The Labute approximate surface area is 81.8 Å². The van der Waals surface area contributed by atoms with Crippen LogP contribution in [0.2, 0.25) is 0 Å². The number of rotatable bonds is 2. The van der Waals surface area contributed by atoms with Crippen molar-refractivity contribution < 1.29 is 4.79 Å². The Morgan fingerprint density at radius 2 is 2.08 bits per heavy atom. The minimum absolute atomic E-state index is 0.153. The van der Waals surface area contributed by atoms with Crippen molar-refractivity contribution in [2.75, 3.05) is 11.1 Å². The van der Waals surface area contributed by atoms with Crippen molar-refractivity contribution in [3.05, 3.63) is 29.8 Å². The van der Waals surface area contributed by atoms with Crippen LogP contribution in [0.4, 0.5) is 5.69 Å². The van der Waals surface area contributed by atoms with Gasteiger partial charge in [0.25, 0.3) is 0 Å². The molecule has 0 aromatic heterocycles. The van der Waals surface area contributed by atoms with E-state index < -0.39 is 0 Å². The Hall–Kier alpha value is -1.47. The van der Waals surface area contributed by atoms with Crippen LogP contribution in [0.3, 0.4) is 0 Å². The smallest absolute Gasteiger partial charge is 0.234 e. The molecule has 0 spiro atoms. The number of nitrogens with one attached hydrogen (secondary N) is 1. The summed E-state index contributed by atoms with van der Waals surface area (Å²) in [5.74, 6) is -0.00644. The normalized spacial score (nSPS) is 8.92. The van der Waals surface area contributed by atoms with Gasteiger partial charge in [0.05, 0.1) is 17.4 Å². The van der Waals surface area contributed by atoms with Crippen LogP contribution in [0.25, 0.3) is 0 Å². The van der Waals surface area contributed by atoms with Crippen LogP contribution in [0.1, 0.15) is 5.56 Å². The zero-order valence-corrected chi connectivity index (χ0v) is 7.71. The molecule has 0 aliphatic heterocycles. The van der Waals surface area contributed by atoms with Crippen molar-refractivity contribution >= 4 is 24.2 Å². The molecule has 0 atom stereocenters. The number of thiol groups is 1. The molecule has 0 fully saturated rings. The third kappa shape index (κ3) is 2.80. The van der Waals surface area contributed by atoms with Crippen molar-refractivity contribution in [3.63, 3.8) is 0 Å². The molecule has 0 bridgehead atoms. The fourth-order valence-electron chi connectivity index (χ4n) is 0.829. The Morgan fingerprint density at radius 3 is 2.54 bits per heavy atom. The predicted molar refractivity (Wildman–Crippen MR) is 53.6 cm³/mol. The van der Waals surface area contributed by atoms with Gasteiger partial charge in [-0.3, -0.25) is 4.79 Å². The number of hydrogen-bond acceptors (Lipinski definition) is 3. The van der Waals surface area contributed by atoms with E-state index >= 15 is 0 Å². The molecule has 0 aliphatic carbocycles. The first kappa shape index (κ1) is 9.62. The average molecular weight is 192 g/mol. The van der Waals surface area contributed by atoms with Gasteiger partial charge in [-0.15, -0.1) is 0 Å². The van der Waals surface area contributed by atoms with Gasteiger partial charge in [0.1, 0.15) is 0 Å². The van der Waals surface area contributed by atoms with E-state index in [0.29, 0.717) is 11.3 Å². The molecule has 1 amide bonds. The second-order valence-electron chi connectivity index (χ2n) is 2.40. The SMILES string of the molecule is N#Cc1ccc(NC(=O)CS)cc1. The third-order valence-electron chi connectivity index (χ3n) is 1.44. The number of benzene rings is 1. The molecule has 1 rings (SSSR count). The van der Waals surface area contributed by atoms with Crippen molar-refractivity contribution in [2.45, 2.75) is 0 Å². The maximum absolute atomic E-state index is 10.9. The molecule has 1 aromatic carbocycles. The highest BCUT2D eigenvalue weighted by Gasteiger charge is 1.98. The largest absolute Gasteiger partial charge is 0.325 e. The van der Waals surface area contributed by atoms with E-state index in [4.69, 9.17) is 5.26 Å². The minimum atomic E-state index is -0.159. The van der Waals surface area contributed by atoms with Crippen LogP contribution in [-0.2, 0) is 4.79 Å². The number of nitrogens with zero attached hydrogens (tertiary/aromatic N) is 1. The zero-order valence-electron chi connectivity index (χ0n) is 6.82. The maximum atomic E-state index is 10.9. The third-order valence-corrected chi connectivity index (χ3v) is 1.73. The highest BCUT2D eigenvalue weighted by molar-refractivity contribution is 7.81. The number of amides is 1. The first-order chi connectivity index (χ1) is 6.26. The van der Waals surface area contributed by atoms with Crippen LogP contribution in [0.5, 0.6) is 0 Å². The number of carbonyl (C=O) groups is 1. The summed E-state index contributed by atoms with van der Waals surface area (Å²) in [6.45, 7) is 0. The molecule has 0 unspecified atom stereocenters. The molecule has 0 radical (unpaired) electrons. The van der Waals surface area contributed by atoms with E-state index in [1.54, 1.807) is 24.3 Å². The van der Waals surface area contributed by atoms with Crippen molar-refractivity contribution in [3.8, 4) is 6.07 Å². The molecule has 0 saturated heterocycles. The average Bonchev–Trinajstić information content (AvgIpc) is 2.19. The van der Waals surface area contributed by atoms with Gasteiger partial charge in [-0.25, -0.2) is 0 Å². The predicted octanol–water partition coefficient (Wildman–Crippen LogP) is 1.43. The molecule has 1 aromatic rings. The topological polar surface area (TPSA) is 52.9 Å². The Balaban J connectivity index is 2.71. The van der Waals surface area contributed by atoms with Gasteiger partial charge in [0, 0.05) is 5.69 Å². The molecular formula is C9H8N2OS. The lowest BCUT2D eigenvalue weighted by atomic mass is 10.2. The quantitative estimate of drug-likeness (QED) is 0.696. The summed E-state index contributed by atoms with van der Waals surface area (Å²) in [6.07, 6.45) is 0. The van der Waals surface area contributed by atoms with Gasteiger partial charge >= 0.3 is 0 Å². The van der Waals surface area contributed by atoms with Crippen molar-refractivity contribution in [2.24, 2.45) is 0 Å². The Bertz CT molecular complexity index is 340. The zero-order chi connectivity index (χ0) is 9.68. The fourth-order valence-corrected chi connectivity index (χ4v) is 0.908. The molecular weight excluding hydrogens is 184 g/mol. The summed E-state index contributed by atoms with van der Waals surface area (Å²) in [6, 6.07) is 8.65. The van der Waals surface area contributed by atoms with E-state index in [9.17, 15) is 4.79 Å². The molecule has 0 saturated carbocycles. The van der Waals surface area contributed by atoms with Crippen LogP contribution in [0.15, 0.2) is 24.3 Å². The lowest BCUT2D eigenvalue weighted by Crippen LogP contribution is -2.12. The Morgan fingerprint density at radius 1 is 1.46 bits per heavy atom. The molecule has 13 heavy (non-hydrogen) atoms. The van der Waals surface area contributed by atoms with Crippen LogP contribution >= 0.6 is 12.6 Å². The lowest BCUT2D eigenvalue weighted by Gasteiger charge is -2.01. The van der Waals surface area contributed by atoms with Gasteiger partial charge in [-0.1, -0.05) is 0 Å². The molecule has 0 heterocycles. The summed E-state index contributed by atoms with van der Waals surface area (Å²) in [5, 5.41) is 11.1. The van der Waals surface area contributed by atoms with Gasteiger partial charge < -0.3 is 5.32 Å². The van der Waals surface area contributed by atoms with E-state index in [1.807, 2.05) is 6.07 Å². The number of nitriles is 1. The second-order valence-corrected chi connectivity index (χ2v) is 2.71. The summed E-state index contributed by atoms with van der Waals surface area (Å²) in [4.78, 5) is 10.9. The minimum Gasteiger partial charge on any atom is -0.325 e. The summed E-state index contributed by atoms with van der Waals surface area (Å²) in [7, 11) is 0. The number of carbonyl (C=O) groups excluding carboxylic acids is 1. The summed E-state index contributed by atoms with van der Waals surface area (Å²) < 4.78 is 0. The van der Waals surface area contributed by atoms with Gasteiger partial charge in [0.15, 0.2) is 0 Å². The highest BCUT2D eigenvalue weighted by atomic mass is 32.1. The molecule has 0 aliphatic rings. The first-order valence-corrected chi connectivity index (χ1v) is 4.30. The monoisotopic (exact) mass is 192 g/mol. The fraction of sp³-hybridized carbons (Fsp3) is 0.111. The second kappa shape index (κ2) is 4.53. The highest BCUT2D eigenvalue weighted by Crippen LogP contribution is 2.08. The Kier molecular flexibility index (Phi) is 3.35. The van der Waals surface area contributed by atoms with Crippen molar-refractivity contribution in [1.29, 1.82) is 5.26 Å². The van der Waals surface area contributed by atoms with Crippen molar-refractivity contribution in [1.82, 2.24) is 0 Å². The summed E-state index contributed by atoms with van der Waals surface area (Å²) >= 11 is 3.82. The van der Waals surface area contributed by atoms with Crippen LogP contribution < -0.4 is 5.32 Å². The number of anilines is 1. The molecule has 4 heteroatoms. The van der Waals surface area contributed by atoms with E-state index in [1.165, 1.54) is 0 Å². The van der Waals surface area contributed by atoms with Gasteiger partial charge in [-0.05, 0) is 24.3 Å². The van der Waals surface area contributed by atoms with E-state index in [2.05, 4.69) is 17.9 Å². The lowest BCUT2D eigenvalue weighted by molar-refractivity contribution is -0.113. The molecule has 3 nitrogen and oxygen atoms in total. The maximum Gasteiger partial charge on any atom is 0.234 e.